The third-order valence-electron chi connectivity index (χ3n) is 4.40. The Labute approximate surface area is 115 Å². The highest BCUT2D eigenvalue weighted by Gasteiger charge is 2.41. The van der Waals surface area contributed by atoms with Gasteiger partial charge in [-0.25, -0.2) is 0 Å². The lowest BCUT2D eigenvalue weighted by molar-refractivity contribution is -0.111. The van der Waals surface area contributed by atoms with Gasteiger partial charge in [-0.1, -0.05) is 18.2 Å². The summed E-state index contributed by atoms with van der Waals surface area (Å²) in [6.45, 7) is 5.70. The molecular formula is C15H24N2O2. The lowest BCUT2D eigenvalue weighted by Crippen LogP contribution is -2.51. The van der Waals surface area contributed by atoms with Gasteiger partial charge in [0.1, 0.15) is 0 Å². The highest BCUT2D eigenvalue weighted by molar-refractivity contribution is 5.37. The Morgan fingerprint density at radius 1 is 1.32 bits per heavy atom. The van der Waals surface area contributed by atoms with Crippen LogP contribution in [0.2, 0.25) is 0 Å². The van der Waals surface area contributed by atoms with E-state index < -0.39 is 0 Å². The molecule has 0 aromatic heterocycles. The molecule has 0 spiro atoms. The summed E-state index contributed by atoms with van der Waals surface area (Å²) in [6.07, 6.45) is 1.71. The molecule has 4 heteroatoms. The van der Waals surface area contributed by atoms with E-state index in [1.807, 2.05) is 0 Å². The van der Waals surface area contributed by atoms with Crippen molar-refractivity contribution in [3.05, 3.63) is 34.9 Å². The second-order valence-corrected chi connectivity index (χ2v) is 5.27. The van der Waals surface area contributed by atoms with E-state index in [9.17, 15) is 0 Å². The third kappa shape index (κ3) is 2.67. The summed E-state index contributed by atoms with van der Waals surface area (Å²) in [4.78, 5) is 0. The van der Waals surface area contributed by atoms with Gasteiger partial charge in [-0.2, -0.15) is 0 Å². The zero-order chi connectivity index (χ0) is 13.9. The number of hydrogen-bond donors (Lipinski definition) is 2. The summed E-state index contributed by atoms with van der Waals surface area (Å²) in [6, 6.07) is 6.31. The Balaban J connectivity index is 2.40. The molecule has 106 valence electrons. The Morgan fingerprint density at radius 3 is 2.58 bits per heavy atom. The summed E-state index contributed by atoms with van der Waals surface area (Å²) in [5.41, 5.74) is 6.44. The predicted molar refractivity (Wildman–Crippen MR) is 75.8 cm³/mol. The highest BCUT2D eigenvalue weighted by atomic mass is 16.5. The van der Waals surface area contributed by atoms with Gasteiger partial charge in [0.15, 0.2) is 0 Å². The first-order valence-electron chi connectivity index (χ1n) is 6.80. The minimum Gasteiger partial charge on any atom is -0.381 e. The molecule has 1 atom stereocenters. The number of nitrogens with one attached hydrogen (secondary N) is 1. The first-order valence-corrected chi connectivity index (χ1v) is 6.80. The highest BCUT2D eigenvalue weighted by Crippen LogP contribution is 2.38. The van der Waals surface area contributed by atoms with Gasteiger partial charge in [0.2, 0.25) is 0 Å². The molecule has 4 nitrogen and oxygen atoms in total. The van der Waals surface area contributed by atoms with Gasteiger partial charge in [-0.05, 0) is 30.5 Å². The molecule has 1 aliphatic rings. The molecule has 0 saturated carbocycles. The first kappa shape index (κ1) is 14.5. The van der Waals surface area contributed by atoms with E-state index in [1.165, 1.54) is 16.7 Å². The summed E-state index contributed by atoms with van der Waals surface area (Å²) in [5, 5.41) is 0. The third-order valence-corrected chi connectivity index (χ3v) is 4.40. The van der Waals surface area contributed by atoms with Crippen LogP contribution in [0.4, 0.5) is 0 Å². The van der Waals surface area contributed by atoms with E-state index in [4.69, 9.17) is 15.3 Å². The Morgan fingerprint density at radius 2 is 2.00 bits per heavy atom. The Bertz CT molecular complexity index is 428. The van der Waals surface area contributed by atoms with Crippen LogP contribution in [0.1, 0.15) is 35.6 Å². The van der Waals surface area contributed by atoms with E-state index in [0.29, 0.717) is 0 Å². The van der Waals surface area contributed by atoms with E-state index in [-0.39, 0.29) is 11.6 Å². The molecule has 1 aromatic carbocycles. The van der Waals surface area contributed by atoms with Crippen molar-refractivity contribution in [3.63, 3.8) is 0 Å². The molecule has 0 aliphatic carbocycles. The fourth-order valence-electron chi connectivity index (χ4n) is 2.94. The lowest BCUT2D eigenvalue weighted by Gasteiger charge is -2.42. The molecule has 1 aromatic rings. The van der Waals surface area contributed by atoms with Gasteiger partial charge in [0.05, 0.1) is 11.6 Å². The van der Waals surface area contributed by atoms with Gasteiger partial charge < -0.3 is 9.47 Å². The van der Waals surface area contributed by atoms with Crippen molar-refractivity contribution in [2.24, 2.45) is 5.84 Å². The summed E-state index contributed by atoms with van der Waals surface area (Å²) < 4.78 is 11.3. The van der Waals surface area contributed by atoms with E-state index in [0.717, 1.165) is 26.1 Å². The molecule has 19 heavy (non-hydrogen) atoms. The molecule has 1 fully saturated rings. The SMILES string of the molecule is COC1(C(NN)c2cccc(C)c2C)CCOCC1. The van der Waals surface area contributed by atoms with Crippen LogP contribution in [0, 0.1) is 13.8 Å². The fourth-order valence-corrected chi connectivity index (χ4v) is 2.94. The number of rotatable bonds is 4. The predicted octanol–water partition coefficient (Wildman–Crippen LogP) is 2.00. The van der Waals surface area contributed by atoms with E-state index in [1.54, 1.807) is 7.11 Å². The number of hydrazine groups is 1. The molecule has 0 amide bonds. The van der Waals surface area contributed by atoms with Crippen molar-refractivity contribution in [3.8, 4) is 0 Å². The largest absolute Gasteiger partial charge is 0.381 e. The minimum absolute atomic E-state index is 0.0127. The summed E-state index contributed by atoms with van der Waals surface area (Å²) in [7, 11) is 1.76. The topological polar surface area (TPSA) is 56.5 Å². The van der Waals surface area contributed by atoms with E-state index >= 15 is 0 Å². The molecule has 1 aliphatic heterocycles. The van der Waals surface area contributed by atoms with Crippen molar-refractivity contribution in [1.82, 2.24) is 5.43 Å². The van der Waals surface area contributed by atoms with E-state index in [2.05, 4.69) is 37.5 Å². The molecule has 1 heterocycles. The van der Waals surface area contributed by atoms with Crippen molar-refractivity contribution in [1.29, 1.82) is 0 Å². The number of hydrogen-bond acceptors (Lipinski definition) is 4. The minimum atomic E-state index is -0.286. The molecule has 0 radical (unpaired) electrons. The second-order valence-electron chi connectivity index (χ2n) is 5.27. The van der Waals surface area contributed by atoms with Crippen LogP contribution in [-0.2, 0) is 9.47 Å². The van der Waals surface area contributed by atoms with Crippen LogP contribution in [-0.4, -0.2) is 25.9 Å². The van der Waals surface area contributed by atoms with Crippen LogP contribution in [0.25, 0.3) is 0 Å². The maximum atomic E-state index is 5.86. The zero-order valence-corrected chi connectivity index (χ0v) is 12.0. The molecular weight excluding hydrogens is 240 g/mol. The van der Waals surface area contributed by atoms with Gasteiger partial charge >= 0.3 is 0 Å². The van der Waals surface area contributed by atoms with Gasteiger partial charge in [0.25, 0.3) is 0 Å². The lowest BCUT2D eigenvalue weighted by atomic mass is 9.80. The van der Waals surface area contributed by atoms with Crippen molar-refractivity contribution in [2.75, 3.05) is 20.3 Å². The second kappa shape index (κ2) is 6.01. The fraction of sp³-hybridized carbons (Fsp3) is 0.600. The van der Waals surface area contributed by atoms with Crippen LogP contribution < -0.4 is 11.3 Å². The molecule has 1 unspecified atom stereocenters. The molecule has 2 rings (SSSR count). The number of methoxy groups -OCH3 is 1. The van der Waals surface area contributed by atoms with Crippen LogP contribution in [0.15, 0.2) is 18.2 Å². The van der Waals surface area contributed by atoms with Gasteiger partial charge in [0, 0.05) is 33.2 Å². The average molecular weight is 264 g/mol. The Hall–Kier alpha value is -0.940. The quantitative estimate of drug-likeness (QED) is 0.645. The molecule has 3 N–H and O–H groups in total. The van der Waals surface area contributed by atoms with Gasteiger partial charge in [-0.15, -0.1) is 0 Å². The standard InChI is InChI=1S/C15H24N2O2/c1-11-5-4-6-13(12(11)2)14(17-16)15(18-3)7-9-19-10-8-15/h4-6,14,17H,7-10,16H2,1-3H3. The number of benzene rings is 1. The van der Waals surface area contributed by atoms with Crippen molar-refractivity contribution < 1.29 is 9.47 Å². The smallest absolute Gasteiger partial charge is 0.0929 e. The molecule has 0 bridgehead atoms. The van der Waals surface area contributed by atoms with Crippen molar-refractivity contribution in [2.45, 2.75) is 38.3 Å². The van der Waals surface area contributed by atoms with Crippen molar-refractivity contribution >= 4 is 0 Å². The normalized spacial score (nSPS) is 20.2. The number of aryl methyl sites for hydroxylation is 1. The first-order chi connectivity index (χ1) is 9.14. The average Bonchev–Trinajstić information content (AvgIpc) is 2.45. The Kier molecular flexibility index (Phi) is 4.58. The van der Waals surface area contributed by atoms with Crippen LogP contribution in [0.3, 0.4) is 0 Å². The zero-order valence-electron chi connectivity index (χ0n) is 12.0. The molecule has 1 saturated heterocycles. The number of nitrogens with two attached hydrogens (primary N) is 1. The number of ether oxygens (including phenoxy) is 2. The summed E-state index contributed by atoms with van der Waals surface area (Å²) >= 11 is 0. The van der Waals surface area contributed by atoms with Gasteiger partial charge in [-0.3, -0.25) is 11.3 Å². The summed E-state index contributed by atoms with van der Waals surface area (Å²) in [5.74, 6) is 5.84. The maximum absolute atomic E-state index is 5.86. The monoisotopic (exact) mass is 264 g/mol. The van der Waals surface area contributed by atoms with Crippen LogP contribution >= 0.6 is 0 Å². The maximum Gasteiger partial charge on any atom is 0.0929 e. The van der Waals surface area contributed by atoms with Crippen LogP contribution in [0.5, 0.6) is 0 Å².